The summed E-state index contributed by atoms with van der Waals surface area (Å²) in [6.45, 7) is 3.79. The molecule has 0 radical (unpaired) electrons. The van der Waals surface area contributed by atoms with Crippen LogP contribution in [0.2, 0.25) is 0 Å². The molecule has 7 heteroatoms. The van der Waals surface area contributed by atoms with E-state index in [0.717, 1.165) is 5.56 Å². The van der Waals surface area contributed by atoms with Gasteiger partial charge in [0.1, 0.15) is 0 Å². The van der Waals surface area contributed by atoms with Crippen molar-refractivity contribution < 1.29 is 13.2 Å². The highest BCUT2D eigenvalue weighted by atomic mass is 32.2. The minimum Gasteiger partial charge on any atom is -0.398 e. The van der Waals surface area contributed by atoms with E-state index in [9.17, 15) is 13.2 Å². The molecule has 0 aromatic heterocycles. The molecule has 1 heterocycles. The molecule has 0 aliphatic carbocycles. The Morgan fingerprint density at radius 1 is 1.33 bits per heavy atom. The molecule has 1 aliphatic heterocycles. The second-order valence-electron chi connectivity index (χ2n) is 5.62. The Hall–Kier alpha value is -1.60. The molecule has 1 saturated heterocycles. The van der Waals surface area contributed by atoms with Gasteiger partial charge in [0.15, 0.2) is 0 Å². The van der Waals surface area contributed by atoms with Crippen LogP contribution in [0.4, 0.5) is 5.69 Å². The Labute approximate surface area is 125 Å². The van der Waals surface area contributed by atoms with E-state index in [1.807, 2.05) is 13.8 Å². The number of carbonyl (C=O) groups is 1. The van der Waals surface area contributed by atoms with Gasteiger partial charge in [-0.05, 0) is 44.4 Å². The highest BCUT2D eigenvalue weighted by molar-refractivity contribution is 7.89. The van der Waals surface area contributed by atoms with Gasteiger partial charge >= 0.3 is 0 Å². The maximum absolute atomic E-state index is 12.7. The minimum atomic E-state index is -3.67. The summed E-state index contributed by atoms with van der Waals surface area (Å²) in [5.41, 5.74) is 12.4. The van der Waals surface area contributed by atoms with Crippen LogP contribution in [0.15, 0.2) is 23.1 Å². The lowest BCUT2D eigenvalue weighted by Crippen LogP contribution is -2.48. The van der Waals surface area contributed by atoms with Crippen LogP contribution in [-0.2, 0) is 14.8 Å². The van der Waals surface area contributed by atoms with Gasteiger partial charge in [-0.1, -0.05) is 6.07 Å². The van der Waals surface area contributed by atoms with E-state index in [0.29, 0.717) is 18.5 Å². The van der Waals surface area contributed by atoms with Crippen molar-refractivity contribution in [1.82, 2.24) is 4.31 Å². The number of rotatable bonds is 3. The molecular weight excluding hydrogens is 290 g/mol. The van der Waals surface area contributed by atoms with Crippen LogP contribution in [0, 0.1) is 12.8 Å². The van der Waals surface area contributed by atoms with E-state index in [4.69, 9.17) is 11.5 Å². The molecule has 0 saturated carbocycles. The SMILES string of the molecule is Cc1ccc(S(=O)(=O)N2CC(C(N)=O)CCC2C)cc1N. The Kier molecular flexibility index (Phi) is 4.25. The fourth-order valence-corrected chi connectivity index (χ4v) is 4.30. The number of nitrogens with zero attached hydrogens (tertiary/aromatic N) is 1. The summed E-state index contributed by atoms with van der Waals surface area (Å²) in [7, 11) is -3.67. The van der Waals surface area contributed by atoms with Gasteiger partial charge in [-0.25, -0.2) is 8.42 Å². The second-order valence-corrected chi connectivity index (χ2v) is 7.51. The van der Waals surface area contributed by atoms with Crippen molar-refractivity contribution in [2.45, 2.75) is 37.6 Å². The van der Waals surface area contributed by atoms with Crippen LogP contribution in [-0.4, -0.2) is 31.2 Å². The number of piperidine rings is 1. The van der Waals surface area contributed by atoms with Crippen LogP contribution in [0.5, 0.6) is 0 Å². The first kappa shape index (κ1) is 15.8. The molecule has 116 valence electrons. The monoisotopic (exact) mass is 311 g/mol. The number of hydrogen-bond donors (Lipinski definition) is 2. The highest BCUT2D eigenvalue weighted by Gasteiger charge is 2.36. The fourth-order valence-electron chi connectivity index (χ4n) is 2.56. The van der Waals surface area contributed by atoms with E-state index in [1.54, 1.807) is 12.1 Å². The lowest BCUT2D eigenvalue weighted by molar-refractivity contribution is -0.123. The average molecular weight is 311 g/mol. The summed E-state index contributed by atoms with van der Waals surface area (Å²) >= 11 is 0. The molecule has 0 spiro atoms. The Bertz CT molecular complexity index is 657. The minimum absolute atomic E-state index is 0.132. The summed E-state index contributed by atoms with van der Waals surface area (Å²) in [4.78, 5) is 11.5. The van der Waals surface area contributed by atoms with Crippen LogP contribution < -0.4 is 11.5 Å². The van der Waals surface area contributed by atoms with Gasteiger partial charge in [0.2, 0.25) is 15.9 Å². The van der Waals surface area contributed by atoms with Crippen LogP contribution >= 0.6 is 0 Å². The zero-order chi connectivity index (χ0) is 15.8. The average Bonchev–Trinajstić information content (AvgIpc) is 2.41. The smallest absolute Gasteiger partial charge is 0.243 e. The van der Waals surface area contributed by atoms with Crippen LogP contribution in [0.1, 0.15) is 25.3 Å². The molecule has 1 aliphatic rings. The lowest BCUT2D eigenvalue weighted by Gasteiger charge is -2.35. The predicted octanol–water partition coefficient (Wildman–Crippen LogP) is 0.852. The van der Waals surface area contributed by atoms with Gasteiger partial charge in [0.05, 0.1) is 10.8 Å². The van der Waals surface area contributed by atoms with Gasteiger partial charge in [-0.15, -0.1) is 0 Å². The van der Waals surface area contributed by atoms with E-state index in [2.05, 4.69) is 0 Å². The van der Waals surface area contributed by atoms with Crippen molar-refractivity contribution >= 4 is 21.6 Å². The molecule has 6 nitrogen and oxygen atoms in total. The molecule has 1 fully saturated rings. The van der Waals surface area contributed by atoms with Crippen molar-refractivity contribution in [1.29, 1.82) is 0 Å². The van der Waals surface area contributed by atoms with Crippen LogP contribution in [0.3, 0.4) is 0 Å². The number of aryl methyl sites for hydroxylation is 1. The summed E-state index contributed by atoms with van der Waals surface area (Å²) in [5.74, 6) is -0.885. The van der Waals surface area contributed by atoms with Gasteiger partial charge < -0.3 is 11.5 Å². The molecule has 1 aromatic rings. The number of anilines is 1. The number of carbonyl (C=O) groups excluding carboxylic acids is 1. The van der Waals surface area contributed by atoms with Crippen molar-refractivity contribution in [3.63, 3.8) is 0 Å². The molecule has 21 heavy (non-hydrogen) atoms. The quantitative estimate of drug-likeness (QED) is 0.807. The normalized spacial score (nSPS) is 23.9. The van der Waals surface area contributed by atoms with Crippen molar-refractivity contribution in [3.8, 4) is 0 Å². The number of nitrogens with two attached hydrogens (primary N) is 2. The van der Waals surface area contributed by atoms with Crippen molar-refractivity contribution in [3.05, 3.63) is 23.8 Å². The molecule has 4 N–H and O–H groups in total. The fraction of sp³-hybridized carbons (Fsp3) is 0.500. The molecule has 2 atom stereocenters. The Morgan fingerprint density at radius 2 is 2.00 bits per heavy atom. The zero-order valence-electron chi connectivity index (χ0n) is 12.2. The van der Waals surface area contributed by atoms with Gasteiger partial charge in [0.25, 0.3) is 0 Å². The second kappa shape index (κ2) is 5.65. The van der Waals surface area contributed by atoms with Gasteiger partial charge in [-0.3, -0.25) is 4.79 Å². The van der Waals surface area contributed by atoms with Gasteiger partial charge in [-0.2, -0.15) is 4.31 Å². The third-order valence-corrected chi connectivity index (χ3v) is 6.06. The van der Waals surface area contributed by atoms with Gasteiger partial charge in [0, 0.05) is 18.3 Å². The Morgan fingerprint density at radius 3 is 2.57 bits per heavy atom. The molecular formula is C14H21N3O3S. The van der Waals surface area contributed by atoms with Crippen molar-refractivity contribution in [2.75, 3.05) is 12.3 Å². The predicted molar refractivity (Wildman–Crippen MR) is 80.9 cm³/mol. The zero-order valence-corrected chi connectivity index (χ0v) is 13.1. The number of hydrogen-bond acceptors (Lipinski definition) is 4. The maximum atomic E-state index is 12.7. The maximum Gasteiger partial charge on any atom is 0.243 e. The summed E-state index contributed by atoms with van der Waals surface area (Å²) in [5, 5.41) is 0. The number of amides is 1. The molecule has 1 aromatic carbocycles. The van der Waals surface area contributed by atoms with Crippen LogP contribution in [0.25, 0.3) is 0 Å². The third kappa shape index (κ3) is 3.03. The molecule has 2 rings (SSSR count). The molecule has 1 amide bonds. The summed E-state index contributed by atoms with van der Waals surface area (Å²) in [6.07, 6.45) is 1.24. The summed E-state index contributed by atoms with van der Waals surface area (Å²) < 4.78 is 26.9. The van der Waals surface area contributed by atoms with E-state index in [1.165, 1.54) is 10.4 Å². The molecule has 2 unspecified atom stereocenters. The standard InChI is InChI=1S/C14H21N3O3S/c1-9-3-6-12(7-13(9)15)21(19,20)17-8-11(14(16)18)5-4-10(17)2/h3,6-7,10-11H,4-5,8,15H2,1-2H3,(H2,16,18). The number of benzene rings is 1. The topological polar surface area (TPSA) is 106 Å². The first-order valence-corrected chi connectivity index (χ1v) is 8.34. The number of sulfonamides is 1. The highest BCUT2D eigenvalue weighted by Crippen LogP contribution is 2.29. The van der Waals surface area contributed by atoms with E-state index in [-0.39, 0.29) is 17.5 Å². The largest absolute Gasteiger partial charge is 0.398 e. The van der Waals surface area contributed by atoms with Crippen molar-refractivity contribution in [2.24, 2.45) is 11.7 Å². The Balaban J connectivity index is 2.36. The van der Waals surface area contributed by atoms with E-state index < -0.39 is 21.8 Å². The first-order chi connectivity index (χ1) is 9.73. The number of nitrogen functional groups attached to an aromatic ring is 1. The number of primary amides is 1. The lowest BCUT2D eigenvalue weighted by atomic mass is 9.95. The molecule has 0 bridgehead atoms. The first-order valence-electron chi connectivity index (χ1n) is 6.90. The third-order valence-electron chi connectivity index (χ3n) is 4.08. The summed E-state index contributed by atoms with van der Waals surface area (Å²) in [6, 6.07) is 4.53. The van der Waals surface area contributed by atoms with E-state index >= 15 is 0 Å².